The summed E-state index contributed by atoms with van der Waals surface area (Å²) in [6.07, 6.45) is 0. The smallest absolute Gasteiger partial charge is 0.120 e. The number of aromatic hydroxyl groups is 1. The van der Waals surface area contributed by atoms with E-state index < -0.39 is 0 Å². The molecule has 0 radical (unpaired) electrons. The second-order valence-electron chi connectivity index (χ2n) is 4.16. The summed E-state index contributed by atoms with van der Waals surface area (Å²) in [6.45, 7) is 0.491. The number of thiophene rings is 1. The van der Waals surface area contributed by atoms with Gasteiger partial charge in [-0.3, -0.25) is 0 Å². The minimum Gasteiger partial charge on any atom is -0.508 e. The van der Waals surface area contributed by atoms with Crippen LogP contribution in [0.3, 0.4) is 0 Å². The third kappa shape index (κ3) is 2.53. The number of ether oxygens (including phenoxy) is 1. The van der Waals surface area contributed by atoms with Crippen LogP contribution in [0.4, 0.5) is 0 Å². The summed E-state index contributed by atoms with van der Waals surface area (Å²) in [6, 6.07) is 12.6. The summed E-state index contributed by atoms with van der Waals surface area (Å²) < 4.78 is 6.80. The van der Waals surface area contributed by atoms with Crippen LogP contribution < -0.4 is 4.74 Å². The average Bonchev–Trinajstić information content (AvgIpc) is 2.83. The minimum atomic E-state index is 0.236. The van der Waals surface area contributed by atoms with Crippen molar-refractivity contribution in [1.29, 1.82) is 0 Å². The van der Waals surface area contributed by atoms with Crippen LogP contribution in [-0.4, -0.2) is 5.11 Å². The van der Waals surface area contributed by atoms with Crippen molar-refractivity contribution in [3.8, 4) is 11.5 Å². The molecule has 1 heterocycles. The quantitative estimate of drug-likeness (QED) is 0.748. The first-order valence-corrected chi connectivity index (χ1v) is 7.06. The lowest BCUT2D eigenvalue weighted by molar-refractivity contribution is 0.307. The van der Waals surface area contributed by atoms with E-state index in [4.69, 9.17) is 16.3 Å². The maximum Gasteiger partial charge on any atom is 0.120 e. The van der Waals surface area contributed by atoms with E-state index in [1.165, 1.54) is 0 Å². The Morgan fingerprint density at radius 2 is 1.89 bits per heavy atom. The zero-order valence-corrected chi connectivity index (χ0v) is 11.5. The lowest BCUT2D eigenvalue weighted by atomic mass is 10.2. The van der Waals surface area contributed by atoms with Crippen molar-refractivity contribution in [3.05, 3.63) is 58.4 Å². The molecule has 0 saturated heterocycles. The lowest BCUT2D eigenvalue weighted by Gasteiger charge is -2.05. The van der Waals surface area contributed by atoms with Gasteiger partial charge in [-0.15, -0.1) is 11.3 Å². The van der Waals surface area contributed by atoms with Crippen LogP contribution >= 0.6 is 22.9 Å². The number of rotatable bonds is 3. The Hall–Kier alpha value is -1.71. The fourth-order valence-electron chi connectivity index (χ4n) is 1.89. The minimum absolute atomic E-state index is 0.236. The van der Waals surface area contributed by atoms with Crippen molar-refractivity contribution in [2.75, 3.05) is 0 Å². The molecule has 2 nitrogen and oxygen atoms in total. The van der Waals surface area contributed by atoms with Gasteiger partial charge in [-0.1, -0.05) is 23.7 Å². The van der Waals surface area contributed by atoms with Crippen LogP contribution in [-0.2, 0) is 6.61 Å². The van der Waals surface area contributed by atoms with Gasteiger partial charge in [-0.2, -0.15) is 0 Å². The predicted octanol–water partition coefficient (Wildman–Crippen LogP) is 4.84. The van der Waals surface area contributed by atoms with Gasteiger partial charge in [0.2, 0.25) is 0 Å². The maximum absolute atomic E-state index is 9.21. The van der Waals surface area contributed by atoms with Gasteiger partial charge in [-0.25, -0.2) is 0 Å². The van der Waals surface area contributed by atoms with E-state index >= 15 is 0 Å². The van der Waals surface area contributed by atoms with E-state index in [0.717, 1.165) is 26.4 Å². The number of phenols is 1. The van der Waals surface area contributed by atoms with Crippen molar-refractivity contribution < 1.29 is 9.84 Å². The molecule has 1 aromatic heterocycles. The van der Waals surface area contributed by atoms with Crippen LogP contribution in [0.15, 0.2) is 47.8 Å². The Kier molecular flexibility index (Phi) is 3.32. The normalized spacial score (nSPS) is 10.8. The lowest BCUT2D eigenvalue weighted by Crippen LogP contribution is -1.93. The fraction of sp³-hybridized carbons (Fsp3) is 0.0667. The van der Waals surface area contributed by atoms with Gasteiger partial charge in [0.1, 0.15) is 18.1 Å². The molecule has 4 heteroatoms. The van der Waals surface area contributed by atoms with Crippen molar-refractivity contribution in [1.82, 2.24) is 0 Å². The summed E-state index contributed by atoms with van der Waals surface area (Å²) >= 11 is 7.77. The van der Waals surface area contributed by atoms with Gasteiger partial charge in [0.05, 0.1) is 9.72 Å². The Morgan fingerprint density at radius 3 is 2.68 bits per heavy atom. The molecular formula is C15H11ClO2S. The number of phenolic OH excluding ortho intramolecular Hbond substituents is 1. The van der Waals surface area contributed by atoms with Crippen molar-refractivity contribution >= 4 is 33.0 Å². The van der Waals surface area contributed by atoms with Gasteiger partial charge < -0.3 is 9.84 Å². The first-order valence-electron chi connectivity index (χ1n) is 5.80. The fourth-order valence-corrected chi connectivity index (χ4v) is 3.16. The van der Waals surface area contributed by atoms with Gasteiger partial charge in [0, 0.05) is 10.9 Å². The van der Waals surface area contributed by atoms with Crippen LogP contribution in [0.5, 0.6) is 11.5 Å². The molecule has 1 N–H and O–H groups in total. The zero-order chi connectivity index (χ0) is 13.2. The van der Waals surface area contributed by atoms with E-state index in [1.807, 2.05) is 18.2 Å². The molecule has 96 valence electrons. The number of hydrogen-bond donors (Lipinski definition) is 1. The Bertz CT molecular complexity index is 704. The van der Waals surface area contributed by atoms with E-state index in [1.54, 1.807) is 35.6 Å². The number of benzene rings is 2. The summed E-state index contributed by atoms with van der Waals surface area (Å²) in [5.41, 5.74) is 1.12. The van der Waals surface area contributed by atoms with E-state index in [2.05, 4.69) is 5.38 Å². The number of halogens is 1. The molecule has 0 fully saturated rings. The van der Waals surface area contributed by atoms with Crippen LogP contribution in [0.2, 0.25) is 5.02 Å². The SMILES string of the molecule is Oc1ccc(OCc2csc3c(Cl)cccc23)cc1. The summed E-state index contributed by atoms with van der Waals surface area (Å²) in [5, 5.41) is 13.2. The molecule has 0 unspecified atom stereocenters. The van der Waals surface area contributed by atoms with E-state index in [0.29, 0.717) is 6.61 Å². The molecule has 0 aliphatic heterocycles. The van der Waals surface area contributed by atoms with E-state index in [9.17, 15) is 5.11 Å². The first kappa shape index (κ1) is 12.3. The highest BCUT2D eigenvalue weighted by Crippen LogP contribution is 2.32. The van der Waals surface area contributed by atoms with Crippen molar-refractivity contribution in [2.24, 2.45) is 0 Å². The van der Waals surface area contributed by atoms with E-state index in [-0.39, 0.29) is 5.75 Å². The van der Waals surface area contributed by atoms with Crippen molar-refractivity contribution in [2.45, 2.75) is 6.61 Å². The number of hydrogen-bond acceptors (Lipinski definition) is 3. The predicted molar refractivity (Wildman–Crippen MR) is 79.3 cm³/mol. The van der Waals surface area contributed by atoms with Crippen LogP contribution in [0.25, 0.3) is 10.1 Å². The number of fused-ring (bicyclic) bond motifs is 1. The average molecular weight is 291 g/mol. The molecule has 3 rings (SSSR count). The Morgan fingerprint density at radius 1 is 1.11 bits per heavy atom. The molecule has 0 bridgehead atoms. The summed E-state index contributed by atoms with van der Waals surface area (Å²) in [5.74, 6) is 0.972. The second kappa shape index (κ2) is 5.11. The molecule has 0 aliphatic rings. The van der Waals surface area contributed by atoms with Gasteiger partial charge in [-0.05, 0) is 35.7 Å². The van der Waals surface area contributed by atoms with Gasteiger partial charge >= 0.3 is 0 Å². The largest absolute Gasteiger partial charge is 0.508 e. The maximum atomic E-state index is 9.21. The second-order valence-corrected chi connectivity index (χ2v) is 5.45. The molecule has 19 heavy (non-hydrogen) atoms. The zero-order valence-electron chi connectivity index (χ0n) is 9.97. The first-order chi connectivity index (χ1) is 9.24. The van der Waals surface area contributed by atoms with Gasteiger partial charge in [0.15, 0.2) is 0 Å². The van der Waals surface area contributed by atoms with Crippen molar-refractivity contribution in [3.63, 3.8) is 0 Å². The summed E-state index contributed by atoms with van der Waals surface area (Å²) in [4.78, 5) is 0. The molecule has 2 aromatic carbocycles. The monoisotopic (exact) mass is 290 g/mol. The molecule has 0 spiro atoms. The third-order valence-corrected chi connectivity index (χ3v) is 4.37. The molecule has 0 saturated carbocycles. The van der Waals surface area contributed by atoms with Crippen LogP contribution in [0, 0.1) is 0 Å². The van der Waals surface area contributed by atoms with Gasteiger partial charge in [0.25, 0.3) is 0 Å². The highest BCUT2D eigenvalue weighted by molar-refractivity contribution is 7.18. The Balaban J connectivity index is 1.82. The summed E-state index contributed by atoms with van der Waals surface area (Å²) in [7, 11) is 0. The third-order valence-electron chi connectivity index (χ3n) is 2.86. The standard InChI is InChI=1S/C15H11ClO2S/c16-14-3-1-2-13-10(9-19-15(13)14)8-18-12-6-4-11(17)5-7-12/h1-7,9,17H,8H2. The van der Waals surface area contributed by atoms with Crippen LogP contribution in [0.1, 0.15) is 5.56 Å². The Labute approximate surface area is 119 Å². The highest BCUT2D eigenvalue weighted by atomic mass is 35.5. The highest BCUT2D eigenvalue weighted by Gasteiger charge is 2.07. The topological polar surface area (TPSA) is 29.5 Å². The molecular weight excluding hydrogens is 280 g/mol. The molecule has 3 aromatic rings. The molecule has 0 amide bonds. The molecule has 0 aliphatic carbocycles. The molecule has 0 atom stereocenters.